The maximum Gasteiger partial charge on any atom is 0.269 e. The minimum atomic E-state index is -0.286. The number of nitrogens with zero attached hydrogens (tertiary/aromatic N) is 1. The molecule has 1 amide bonds. The summed E-state index contributed by atoms with van der Waals surface area (Å²) in [4.78, 5) is 17.7. The Morgan fingerprint density at radius 3 is 2.75 bits per heavy atom. The molecule has 0 aliphatic rings. The van der Waals surface area contributed by atoms with Gasteiger partial charge in [-0.25, -0.2) is 4.98 Å². The van der Waals surface area contributed by atoms with Gasteiger partial charge < -0.3 is 9.47 Å². The second kappa shape index (κ2) is 7.79. The van der Waals surface area contributed by atoms with Crippen LogP contribution in [0.3, 0.4) is 0 Å². The van der Waals surface area contributed by atoms with Crippen LogP contribution in [0.1, 0.15) is 9.67 Å². The standard InChI is InChI=1S/C20H15ClN2O3S2/c1-25-11-7-8-16-13(9-11)17(21)18(28-16)19(24)23-20-22-14(10-27-20)12-5-3-4-6-15(12)26-2/h3-10H,1-2H3,(H,22,23,24). The quantitative estimate of drug-likeness (QED) is 0.425. The van der Waals surface area contributed by atoms with Crippen LogP contribution in [0, 0.1) is 0 Å². The van der Waals surface area contributed by atoms with Gasteiger partial charge in [0.05, 0.1) is 24.9 Å². The van der Waals surface area contributed by atoms with Crippen molar-refractivity contribution in [3.63, 3.8) is 0 Å². The van der Waals surface area contributed by atoms with Gasteiger partial charge in [0.15, 0.2) is 5.13 Å². The van der Waals surface area contributed by atoms with Crippen LogP contribution in [0.5, 0.6) is 11.5 Å². The van der Waals surface area contributed by atoms with E-state index in [1.54, 1.807) is 14.2 Å². The number of para-hydroxylation sites is 1. The molecule has 5 nitrogen and oxygen atoms in total. The molecule has 142 valence electrons. The van der Waals surface area contributed by atoms with Crippen molar-refractivity contribution >= 4 is 55.4 Å². The number of amides is 1. The van der Waals surface area contributed by atoms with Crippen LogP contribution in [0.25, 0.3) is 21.3 Å². The number of ether oxygens (including phenoxy) is 2. The number of anilines is 1. The number of fused-ring (bicyclic) bond motifs is 1. The van der Waals surface area contributed by atoms with Crippen molar-refractivity contribution in [1.29, 1.82) is 0 Å². The Hall–Kier alpha value is -2.61. The van der Waals surface area contributed by atoms with E-state index < -0.39 is 0 Å². The van der Waals surface area contributed by atoms with Crippen LogP contribution in [0.15, 0.2) is 47.8 Å². The predicted molar refractivity (Wildman–Crippen MR) is 115 cm³/mol. The minimum absolute atomic E-state index is 0.286. The number of rotatable bonds is 5. The summed E-state index contributed by atoms with van der Waals surface area (Å²) in [5, 5.41) is 6.43. The smallest absolute Gasteiger partial charge is 0.269 e. The van der Waals surface area contributed by atoms with E-state index in [-0.39, 0.29) is 5.91 Å². The molecule has 4 rings (SSSR count). The van der Waals surface area contributed by atoms with Crippen molar-refractivity contribution in [2.75, 3.05) is 19.5 Å². The number of methoxy groups -OCH3 is 2. The predicted octanol–water partition coefficient (Wildman–Crippen LogP) is 5.95. The summed E-state index contributed by atoms with van der Waals surface area (Å²) in [7, 11) is 3.21. The molecule has 28 heavy (non-hydrogen) atoms. The van der Waals surface area contributed by atoms with E-state index in [0.717, 1.165) is 27.1 Å². The summed E-state index contributed by atoms with van der Waals surface area (Å²) in [5.41, 5.74) is 1.61. The number of hydrogen-bond acceptors (Lipinski definition) is 6. The second-order valence-corrected chi connectivity index (χ2v) is 8.09. The van der Waals surface area contributed by atoms with E-state index in [1.165, 1.54) is 22.7 Å². The van der Waals surface area contributed by atoms with Crippen molar-refractivity contribution < 1.29 is 14.3 Å². The van der Waals surface area contributed by atoms with Crippen molar-refractivity contribution in [2.24, 2.45) is 0 Å². The fourth-order valence-electron chi connectivity index (χ4n) is 2.78. The largest absolute Gasteiger partial charge is 0.497 e. The monoisotopic (exact) mass is 430 g/mol. The first-order valence-corrected chi connectivity index (χ1v) is 10.3. The first-order valence-electron chi connectivity index (χ1n) is 8.27. The number of aromatic nitrogens is 1. The lowest BCUT2D eigenvalue weighted by atomic mass is 10.1. The molecule has 0 saturated carbocycles. The van der Waals surface area contributed by atoms with Crippen LogP contribution in [-0.2, 0) is 0 Å². The van der Waals surface area contributed by atoms with Crippen molar-refractivity contribution in [3.05, 3.63) is 57.7 Å². The van der Waals surface area contributed by atoms with E-state index in [9.17, 15) is 4.79 Å². The Morgan fingerprint density at radius 1 is 1.14 bits per heavy atom. The summed E-state index contributed by atoms with van der Waals surface area (Å²) >= 11 is 9.13. The highest BCUT2D eigenvalue weighted by atomic mass is 35.5. The summed E-state index contributed by atoms with van der Waals surface area (Å²) < 4.78 is 11.5. The molecular weight excluding hydrogens is 416 g/mol. The normalized spacial score (nSPS) is 10.8. The molecule has 2 heterocycles. The summed E-state index contributed by atoms with van der Waals surface area (Å²) in [5.74, 6) is 1.14. The zero-order chi connectivity index (χ0) is 19.7. The number of halogens is 1. The van der Waals surface area contributed by atoms with Crippen molar-refractivity contribution in [1.82, 2.24) is 4.98 Å². The minimum Gasteiger partial charge on any atom is -0.497 e. The molecule has 0 spiro atoms. The van der Waals surface area contributed by atoms with Crippen LogP contribution >= 0.6 is 34.3 Å². The molecule has 0 saturated heterocycles. The lowest BCUT2D eigenvalue weighted by molar-refractivity contribution is 0.103. The maximum absolute atomic E-state index is 12.8. The van der Waals surface area contributed by atoms with Gasteiger partial charge in [0.25, 0.3) is 5.91 Å². The number of thiophene rings is 1. The van der Waals surface area contributed by atoms with Gasteiger partial charge in [0.1, 0.15) is 16.4 Å². The van der Waals surface area contributed by atoms with E-state index in [2.05, 4.69) is 10.3 Å². The Morgan fingerprint density at radius 2 is 1.96 bits per heavy atom. The first-order chi connectivity index (χ1) is 13.6. The number of thiazole rings is 1. The lowest BCUT2D eigenvalue weighted by Crippen LogP contribution is -2.10. The van der Waals surface area contributed by atoms with Gasteiger partial charge in [0, 0.05) is 21.0 Å². The van der Waals surface area contributed by atoms with E-state index in [0.29, 0.717) is 20.8 Å². The van der Waals surface area contributed by atoms with Gasteiger partial charge in [-0.1, -0.05) is 23.7 Å². The third-order valence-electron chi connectivity index (χ3n) is 4.15. The summed E-state index contributed by atoms with van der Waals surface area (Å²) in [6, 6.07) is 13.2. The highest BCUT2D eigenvalue weighted by Crippen LogP contribution is 2.38. The Labute approximate surface area is 174 Å². The molecule has 4 aromatic rings. The van der Waals surface area contributed by atoms with Crippen LogP contribution in [0.2, 0.25) is 5.02 Å². The molecule has 0 aliphatic heterocycles. The van der Waals surface area contributed by atoms with Crippen LogP contribution in [0.4, 0.5) is 5.13 Å². The Kier molecular flexibility index (Phi) is 5.21. The van der Waals surface area contributed by atoms with Gasteiger partial charge in [-0.15, -0.1) is 22.7 Å². The number of hydrogen-bond donors (Lipinski definition) is 1. The first kappa shape index (κ1) is 18.7. The lowest BCUT2D eigenvalue weighted by Gasteiger charge is -2.05. The molecule has 0 bridgehead atoms. The molecule has 0 aliphatic carbocycles. The summed E-state index contributed by atoms with van der Waals surface area (Å²) in [6.07, 6.45) is 0. The van der Waals surface area contributed by atoms with Gasteiger partial charge in [-0.2, -0.15) is 0 Å². The van der Waals surface area contributed by atoms with Gasteiger partial charge >= 0.3 is 0 Å². The molecule has 0 atom stereocenters. The molecule has 0 radical (unpaired) electrons. The average molecular weight is 431 g/mol. The molecule has 0 fully saturated rings. The van der Waals surface area contributed by atoms with Crippen molar-refractivity contribution in [3.8, 4) is 22.8 Å². The Bertz CT molecular complexity index is 1170. The molecule has 8 heteroatoms. The molecular formula is C20H15ClN2O3S2. The molecule has 1 N–H and O–H groups in total. The number of benzene rings is 2. The van der Waals surface area contributed by atoms with Crippen molar-refractivity contribution in [2.45, 2.75) is 0 Å². The van der Waals surface area contributed by atoms with Gasteiger partial charge in [0.2, 0.25) is 0 Å². The van der Waals surface area contributed by atoms with Gasteiger partial charge in [-0.3, -0.25) is 10.1 Å². The third kappa shape index (κ3) is 3.44. The van der Waals surface area contributed by atoms with Crippen LogP contribution < -0.4 is 14.8 Å². The highest BCUT2D eigenvalue weighted by molar-refractivity contribution is 7.22. The summed E-state index contributed by atoms with van der Waals surface area (Å²) in [6.45, 7) is 0. The number of carbonyl (C=O) groups excluding carboxylic acids is 1. The zero-order valence-corrected chi connectivity index (χ0v) is 17.4. The number of nitrogens with one attached hydrogen (secondary N) is 1. The topological polar surface area (TPSA) is 60.5 Å². The molecule has 2 aromatic heterocycles. The van der Waals surface area contributed by atoms with Crippen LogP contribution in [-0.4, -0.2) is 25.1 Å². The Balaban J connectivity index is 1.60. The van der Waals surface area contributed by atoms with E-state index in [1.807, 2.05) is 47.8 Å². The fraction of sp³-hybridized carbons (Fsp3) is 0.100. The second-order valence-electron chi connectivity index (χ2n) is 5.80. The highest BCUT2D eigenvalue weighted by Gasteiger charge is 2.19. The molecule has 0 unspecified atom stereocenters. The maximum atomic E-state index is 12.8. The third-order valence-corrected chi connectivity index (χ3v) is 6.58. The zero-order valence-electron chi connectivity index (χ0n) is 15.0. The number of carbonyl (C=O) groups is 1. The average Bonchev–Trinajstić information content (AvgIpc) is 3.32. The SMILES string of the molecule is COc1ccc2sc(C(=O)Nc3nc(-c4ccccc4OC)cs3)c(Cl)c2c1. The van der Waals surface area contributed by atoms with Gasteiger partial charge in [-0.05, 0) is 30.3 Å². The van der Waals surface area contributed by atoms with E-state index in [4.69, 9.17) is 21.1 Å². The van der Waals surface area contributed by atoms with E-state index >= 15 is 0 Å². The fourth-order valence-corrected chi connectivity index (χ4v) is 4.87. The molecule has 2 aromatic carbocycles.